The van der Waals surface area contributed by atoms with E-state index >= 15 is 0 Å². The Hall–Kier alpha value is -2.52. The van der Waals surface area contributed by atoms with E-state index < -0.39 is 11.7 Å². The van der Waals surface area contributed by atoms with Crippen LogP contribution in [0.5, 0.6) is 5.88 Å². The number of alkyl halides is 3. The third-order valence-corrected chi connectivity index (χ3v) is 4.71. The van der Waals surface area contributed by atoms with E-state index in [9.17, 15) is 18.0 Å². The number of ether oxygens (including phenoxy) is 2. The highest BCUT2D eigenvalue weighted by Gasteiger charge is 2.30. The summed E-state index contributed by atoms with van der Waals surface area (Å²) in [6, 6.07) is 2.34. The van der Waals surface area contributed by atoms with Crippen molar-refractivity contribution in [3.05, 3.63) is 23.9 Å². The molecule has 7 nitrogen and oxygen atoms in total. The molecule has 0 aliphatic heterocycles. The van der Waals surface area contributed by atoms with Crippen molar-refractivity contribution in [3.8, 4) is 5.88 Å². The van der Waals surface area contributed by atoms with E-state index in [0.717, 1.165) is 37.9 Å². The first-order valence-electron chi connectivity index (χ1n) is 10.2. The smallest absolute Gasteiger partial charge is 0.417 e. The number of aliphatic imine (C=N–C) groups is 1. The largest absolute Gasteiger partial charge is 0.476 e. The maximum atomic E-state index is 12.5. The van der Waals surface area contributed by atoms with Gasteiger partial charge in [-0.2, -0.15) is 13.2 Å². The highest BCUT2D eigenvalue weighted by molar-refractivity contribution is 5.80. The van der Waals surface area contributed by atoms with Crippen LogP contribution in [0.1, 0.15) is 45.1 Å². The second kappa shape index (κ2) is 11.6. The fourth-order valence-electron chi connectivity index (χ4n) is 3.19. The van der Waals surface area contributed by atoms with Crippen LogP contribution in [0.2, 0.25) is 0 Å². The van der Waals surface area contributed by atoms with Crippen LogP contribution >= 0.6 is 0 Å². The number of rotatable bonds is 8. The summed E-state index contributed by atoms with van der Waals surface area (Å²) >= 11 is 0. The number of carbonyl (C=O) groups is 1. The number of esters is 1. The Kier molecular flexibility index (Phi) is 9.19. The summed E-state index contributed by atoms with van der Waals surface area (Å²) < 4.78 is 48.1. The summed E-state index contributed by atoms with van der Waals surface area (Å²) in [6.45, 7) is 5.35. The maximum Gasteiger partial charge on any atom is 0.417 e. The van der Waals surface area contributed by atoms with Gasteiger partial charge in [-0.25, -0.2) is 9.98 Å². The summed E-state index contributed by atoms with van der Waals surface area (Å²) in [5.41, 5.74) is -0.816. The number of nitrogens with zero attached hydrogens (tertiary/aromatic N) is 2. The first-order chi connectivity index (χ1) is 14.3. The summed E-state index contributed by atoms with van der Waals surface area (Å²) in [5, 5.41) is 6.52. The zero-order valence-corrected chi connectivity index (χ0v) is 17.3. The highest BCUT2D eigenvalue weighted by atomic mass is 19.4. The fraction of sp³-hybridized carbons (Fsp3) is 0.650. The second-order valence-corrected chi connectivity index (χ2v) is 6.94. The van der Waals surface area contributed by atoms with Gasteiger partial charge in [0.2, 0.25) is 5.88 Å². The normalized spacial score (nSPS) is 19.8. The quantitative estimate of drug-likeness (QED) is 0.285. The summed E-state index contributed by atoms with van der Waals surface area (Å²) in [5.74, 6) is 0.604. The highest BCUT2D eigenvalue weighted by Crippen LogP contribution is 2.29. The van der Waals surface area contributed by atoms with Crippen molar-refractivity contribution in [3.63, 3.8) is 0 Å². The number of carbonyl (C=O) groups excluding carboxylic acids is 1. The average Bonchev–Trinajstić information content (AvgIpc) is 2.71. The van der Waals surface area contributed by atoms with Crippen LogP contribution in [-0.4, -0.2) is 49.3 Å². The number of aromatic nitrogens is 1. The lowest BCUT2D eigenvalue weighted by Gasteiger charge is -2.29. The first kappa shape index (κ1) is 23.8. The molecule has 1 aromatic heterocycles. The van der Waals surface area contributed by atoms with Crippen LogP contribution in [-0.2, 0) is 15.7 Å². The van der Waals surface area contributed by atoms with Gasteiger partial charge in [-0.1, -0.05) is 0 Å². The third kappa shape index (κ3) is 7.72. The van der Waals surface area contributed by atoms with Gasteiger partial charge >= 0.3 is 12.1 Å². The molecule has 0 bridgehead atoms. The maximum absolute atomic E-state index is 12.5. The minimum absolute atomic E-state index is 0.0350. The molecule has 2 rings (SSSR count). The lowest BCUT2D eigenvalue weighted by molar-refractivity contribution is -0.149. The SMILES string of the molecule is CCNC(=NCCOc1ccc(C(F)(F)F)cn1)NC1CCC(C(=O)OCC)CC1. The van der Waals surface area contributed by atoms with E-state index in [1.54, 1.807) is 0 Å². The van der Waals surface area contributed by atoms with Gasteiger partial charge in [0, 0.05) is 24.8 Å². The molecule has 1 aliphatic carbocycles. The monoisotopic (exact) mass is 430 g/mol. The van der Waals surface area contributed by atoms with Crippen molar-refractivity contribution in [1.82, 2.24) is 15.6 Å². The molecule has 0 saturated heterocycles. The lowest BCUT2D eigenvalue weighted by atomic mass is 9.86. The minimum Gasteiger partial charge on any atom is -0.476 e. The van der Waals surface area contributed by atoms with Crippen LogP contribution in [0.3, 0.4) is 0 Å². The van der Waals surface area contributed by atoms with Crippen molar-refractivity contribution < 1.29 is 27.4 Å². The van der Waals surface area contributed by atoms with Crippen LogP contribution < -0.4 is 15.4 Å². The molecule has 1 fully saturated rings. The molecular formula is C20H29F3N4O3. The number of guanidine groups is 1. The molecule has 10 heteroatoms. The van der Waals surface area contributed by atoms with Crippen LogP contribution in [0.25, 0.3) is 0 Å². The van der Waals surface area contributed by atoms with Crippen molar-refractivity contribution >= 4 is 11.9 Å². The Labute approximate surface area is 174 Å². The molecule has 0 radical (unpaired) electrons. The fourth-order valence-corrected chi connectivity index (χ4v) is 3.19. The van der Waals surface area contributed by atoms with Gasteiger partial charge in [0.05, 0.1) is 24.6 Å². The van der Waals surface area contributed by atoms with E-state index in [1.807, 2.05) is 13.8 Å². The predicted octanol–water partition coefficient (Wildman–Crippen LogP) is 3.16. The molecule has 1 aliphatic rings. The first-order valence-corrected chi connectivity index (χ1v) is 10.2. The minimum atomic E-state index is -4.42. The summed E-state index contributed by atoms with van der Waals surface area (Å²) in [4.78, 5) is 19.9. The Balaban J connectivity index is 1.77. The molecule has 30 heavy (non-hydrogen) atoms. The van der Waals surface area contributed by atoms with Gasteiger partial charge in [0.15, 0.2) is 5.96 Å². The molecule has 1 saturated carbocycles. The standard InChI is InChI=1S/C20H29F3N4O3/c1-3-24-19(27-16-8-5-14(6-9-16)18(28)29-4-2)25-11-12-30-17-10-7-15(13-26-17)20(21,22)23/h7,10,13-14,16H,3-6,8-9,11-12H2,1-2H3,(H2,24,25,27). The molecular weight excluding hydrogens is 401 g/mol. The zero-order chi connectivity index (χ0) is 22.0. The van der Waals surface area contributed by atoms with Gasteiger partial charge in [0.1, 0.15) is 6.61 Å². The Morgan fingerprint density at radius 1 is 1.23 bits per heavy atom. The number of pyridine rings is 1. The second-order valence-electron chi connectivity index (χ2n) is 6.94. The van der Waals surface area contributed by atoms with E-state index in [-0.39, 0.29) is 30.4 Å². The van der Waals surface area contributed by atoms with E-state index in [2.05, 4.69) is 20.6 Å². The molecule has 168 valence electrons. The summed E-state index contributed by atoms with van der Waals surface area (Å²) in [6.07, 6.45) is -0.425. The van der Waals surface area contributed by atoms with Crippen molar-refractivity contribution in [2.45, 2.75) is 51.7 Å². The van der Waals surface area contributed by atoms with Gasteiger partial charge < -0.3 is 20.1 Å². The number of nitrogens with one attached hydrogen (secondary N) is 2. The van der Waals surface area contributed by atoms with Crippen LogP contribution in [0, 0.1) is 5.92 Å². The van der Waals surface area contributed by atoms with E-state index in [0.29, 0.717) is 25.7 Å². The molecule has 0 aromatic carbocycles. The van der Waals surface area contributed by atoms with Crippen molar-refractivity contribution in [2.24, 2.45) is 10.9 Å². The van der Waals surface area contributed by atoms with Crippen molar-refractivity contribution in [1.29, 1.82) is 0 Å². The molecule has 1 heterocycles. The van der Waals surface area contributed by atoms with E-state index in [1.165, 1.54) is 6.07 Å². The zero-order valence-electron chi connectivity index (χ0n) is 17.3. The van der Waals surface area contributed by atoms with E-state index in [4.69, 9.17) is 9.47 Å². The van der Waals surface area contributed by atoms with Crippen molar-refractivity contribution in [2.75, 3.05) is 26.3 Å². The average molecular weight is 430 g/mol. The van der Waals surface area contributed by atoms with Crippen LogP contribution in [0.4, 0.5) is 13.2 Å². The Morgan fingerprint density at radius 3 is 2.53 bits per heavy atom. The molecule has 0 amide bonds. The molecule has 2 N–H and O–H groups in total. The van der Waals surface area contributed by atoms with Gasteiger partial charge in [-0.15, -0.1) is 0 Å². The number of hydrogen-bond donors (Lipinski definition) is 2. The number of hydrogen-bond acceptors (Lipinski definition) is 5. The van der Waals surface area contributed by atoms with Gasteiger partial charge in [0.25, 0.3) is 0 Å². The Bertz CT molecular complexity index is 688. The molecule has 1 aromatic rings. The molecule has 0 atom stereocenters. The van der Waals surface area contributed by atoms with Gasteiger partial charge in [-0.05, 0) is 45.6 Å². The molecule has 0 unspecified atom stereocenters. The Morgan fingerprint density at radius 2 is 1.97 bits per heavy atom. The predicted molar refractivity (Wildman–Crippen MR) is 106 cm³/mol. The lowest BCUT2D eigenvalue weighted by Crippen LogP contribution is -2.45. The molecule has 0 spiro atoms. The van der Waals surface area contributed by atoms with Gasteiger partial charge in [-0.3, -0.25) is 4.79 Å². The third-order valence-electron chi connectivity index (χ3n) is 4.71. The summed E-state index contributed by atoms with van der Waals surface area (Å²) in [7, 11) is 0. The van der Waals surface area contributed by atoms with Crippen LogP contribution in [0.15, 0.2) is 23.3 Å². The number of halogens is 3. The topological polar surface area (TPSA) is 84.8 Å².